The molecule has 1 aromatic heterocycles. The molecule has 1 amide bonds. The lowest BCUT2D eigenvalue weighted by Gasteiger charge is -2.18. The van der Waals surface area contributed by atoms with E-state index in [1.165, 1.54) is 12.1 Å². The number of aromatic nitrogens is 2. The maximum Gasteiger partial charge on any atom is 0.277 e. The number of anilines is 2. The number of Topliss-reactive ketones (excluding diaryl/α,β-unsaturated/α-hetero) is 1. The van der Waals surface area contributed by atoms with E-state index in [9.17, 15) is 18.0 Å². The van der Waals surface area contributed by atoms with Gasteiger partial charge < -0.3 is 14.5 Å². The maximum atomic E-state index is 12.6. The molecule has 0 bridgehead atoms. The summed E-state index contributed by atoms with van der Waals surface area (Å²) < 4.78 is 38.4. The molecule has 0 spiro atoms. The second-order valence-electron chi connectivity index (χ2n) is 7.63. The van der Waals surface area contributed by atoms with Crippen LogP contribution in [0.15, 0.2) is 87.3 Å². The van der Waals surface area contributed by atoms with Crippen LogP contribution in [0, 0.1) is 0 Å². The molecule has 2 N–H and O–H groups in total. The molecule has 0 aliphatic carbocycles. The number of nitrogens with zero attached hydrogens (tertiary/aromatic N) is 2. The lowest BCUT2D eigenvalue weighted by atomic mass is 10.1. The number of rotatable bonds is 8. The zero-order valence-electron chi connectivity index (χ0n) is 18.5. The first-order valence-corrected chi connectivity index (χ1v) is 13.1. The van der Waals surface area contributed by atoms with Crippen molar-refractivity contribution in [2.45, 2.75) is 10.1 Å². The number of sulfonamides is 1. The SMILES string of the molecule is O=C1COc2ccc(C(=O)CSc3nnc(-c4ccc(NS(=O)(=O)c5ccccc5)cc4)o3)cc2N1. The van der Waals surface area contributed by atoms with E-state index < -0.39 is 10.0 Å². The van der Waals surface area contributed by atoms with Crippen LogP contribution in [0.4, 0.5) is 11.4 Å². The molecule has 1 aliphatic heterocycles. The van der Waals surface area contributed by atoms with Crippen LogP contribution >= 0.6 is 11.8 Å². The Kier molecular flexibility index (Phi) is 6.44. The Bertz CT molecular complexity index is 1540. The van der Waals surface area contributed by atoms with Crippen LogP contribution in [0.3, 0.4) is 0 Å². The largest absolute Gasteiger partial charge is 0.482 e. The lowest BCUT2D eigenvalue weighted by Crippen LogP contribution is -2.25. The molecule has 3 aromatic carbocycles. The van der Waals surface area contributed by atoms with Crippen molar-refractivity contribution in [3.05, 3.63) is 78.4 Å². The first-order valence-electron chi connectivity index (χ1n) is 10.6. The predicted molar refractivity (Wildman–Crippen MR) is 133 cm³/mol. The molecule has 5 rings (SSSR count). The van der Waals surface area contributed by atoms with E-state index in [1.807, 2.05) is 0 Å². The maximum absolute atomic E-state index is 12.6. The van der Waals surface area contributed by atoms with Crippen LogP contribution in [-0.2, 0) is 14.8 Å². The van der Waals surface area contributed by atoms with Crippen molar-refractivity contribution in [3.63, 3.8) is 0 Å². The normalized spacial score (nSPS) is 12.8. The third kappa shape index (κ3) is 5.24. The molecule has 0 radical (unpaired) electrons. The van der Waals surface area contributed by atoms with E-state index in [1.54, 1.807) is 60.7 Å². The van der Waals surface area contributed by atoms with E-state index >= 15 is 0 Å². The zero-order valence-corrected chi connectivity index (χ0v) is 20.1. The van der Waals surface area contributed by atoms with Gasteiger partial charge in [0, 0.05) is 16.8 Å². The summed E-state index contributed by atoms with van der Waals surface area (Å²) in [5, 5.41) is 10.9. The fraction of sp³-hybridized carbons (Fsp3) is 0.0833. The van der Waals surface area contributed by atoms with Gasteiger partial charge in [-0.2, -0.15) is 0 Å². The number of ether oxygens (including phenoxy) is 1. The summed E-state index contributed by atoms with van der Waals surface area (Å²) in [6, 6.07) is 19.4. The van der Waals surface area contributed by atoms with E-state index in [0.717, 1.165) is 11.8 Å². The summed E-state index contributed by atoms with van der Waals surface area (Å²) in [6.07, 6.45) is 0. The van der Waals surface area contributed by atoms with Gasteiger partial charge in [0.2, 0.25) is 5.89 Å². The molecule has 0 atom stereocenters. The van der Waals surface area contributed by atoms with Crippen molar-refractivity contribution in [1.82, 2.24) is 10.2 Å². The Labute approximate surface area is 210 Å². The number of thioether (sulfide) groups is 1. The van der Waals surface area contributed by atoms with Crippen LogP contribution in [0.25, 0.3) is 11.5 Å². The quantitative estimate of drug-likeness (QED) is 0.261. The van der Waals surface area contributed by atoms with Crippen molar-refractivity contribution in [2.75, 3.05) is 22.4 Å². The number of hydrogen-bond acceptors (Lipinski definition) is 9. The van der Waals surface area contributed by atoms with Crippen LogP contribution in [0.5, 0.6) is 5.75 Å². The topological polar surface area (TPSA) is 140 Å². The second-order valence-corrected chi connectivity index (χ2v) is 10.2. The molecule has 1 aliphatic rings. The van der Waals surface area contributed by atoms with Gasteiger partial charge in [-0.25, -0.2) is 8.42 Å². The fourth-order valence-electron chi connectivity index (χ4n) is 3.35. The van der Waals surface area contributed by atoms with Gasteiger partial charge in [0.25, 0.3) is 21.2 Å². The standard InChI is InChI=1S/C24H18N4O6S2/c29-20(16-8-11-21-19(12-16)25-22(30)13-33-21)14-35-24-27-26-23(34-24)15-6-9-17(10-7-15)28-36(31,32)18-4-2-1-3-5-18/h1-12,28H,13-14H2,(H,25,30). The molecule has 0 unspecified atom stereocenters. The van der Waals surface area contributed by atoms with E-state index in [0.29, 0.717) is 28.3 Å². The first kappa shape index (κ1) is 23.6. The van der Waals surface area contributed by atoms with Gasteiger partial charge >= 0.3 is 0 Å². The summed E-state index contributed by atoms with van der Waals surface area (Å²) in [4.78, 5) is 24.3. The van der Waals surface area contributed by atoms with Gasteiger partial charge in [0.05, 0.1) is 16.3 Å². The smallest absolute Gasteiger partial charge is 0.277 e. The molecule has 2 heterocycles. The highest BCUT2D eigenvalue weighted by Crippen LogP contribution is 2.30. The van der Waals surface area contributed by atoms with Crippen molar-refractivity contribution < 1.29 is 27.2 Å². The predicted octanol–water partition coefficient (Wildman–Crippen LogP) is 3.84. The number of ketones is 1. The van der Waals surface area contributed by atoms with Crippen LogP contribution < -0.4 is 14.8 Å². The van der Waals surface area contributed by atoms with Gasteiger partial charge in [0.15, 0.2) is 12.4 Å². The molecular formula is C24H18N4O6S2. The van der Waals surface area contributed by atoms with Gasteiger partial charge in [-0.05, 0) is 54.6 Å². The molecule has 10 nitrogen and oxygen atoms in total. The number of carbonyl (C=O) groups is 2. The number of benzene rings is 3. The fourth-order valence-corrected chi connectivity index (χ4v) is 5.08. The highest BCUT2D eigenvalue weighted by Gasteiger charge is 2.19. The lowest BCUT2D eigenvalue weighted by molar-refractivity contribution is -0.118. The van der Waals surface area contributed by atoms with Gasteiger partial charge in [-0.1, -0.05) is 30.0 Å². The Morgan fingerprint density at radius 2 is 1.81 bits per heavy atom. The van der Waals surface area contributed by atoms with Crippen LogP contribution in [0.1, 0.15) is 10.4 Å². The molecule has 0 fully saturated rings. The van der Waals surface area contributed by atoms with E-state index in [4.69, 9.17) is 9.15 Å². The monoisotopic (exact) mass is 522 g/mol. The zero-order chi connectivity index (χ0) is 25.1. The van der Waals surface area contributed by atoms with Crippen molar-refractivity contribution in [2.24, 2.45) is 0 Å². The van der Waals surface area contributed by atoms with Gasteiger partial charge in [-0.3, -0.25) is 14.3 Å². The summed E-state index contributed by atoms with van der Waals surface area (Å²) >= 11 is 1.09. The Hall–Kier alpha value is -4.16. The summed E-state index contributed by atoms with van der Waals surface area (Å²) in [5.74, 6) is 0.337. The number of fused-ring (bicyclic) bond motifs is 1. The van der Waals surface area contributed by atoms with Crippen LogP contribution in [-0.4, -0.2) is 42.7 Å². The Morgan fingerprint density at radius 1 is 1.03 bits per heavy atom. The third-order valence-corrected chi connectivity index (χ3v) is 7.32. The van der Waals surface area contributed by atoms with Gasteiger partial charge in [0.1, 0.15) is 5.75 Å². The number of carbonyl (C=O) groups excluding carboxylic acids is 2. The van der Waals surface area contributed by atoms with Crippen LogP contribution in [0.2, 0.25) is 0 Å². The Morgan fingerprint density at radius 3 is 2.58 bits per heavy atom. The van der Waals surface area contributed by atoms with Crippen molar-refractivity contribution in [3.8, 4) is 17.2 Å². The average molecular weight is 523 g/mol. The molecule has 4 aromatic rings. The highest BCUT2D eigenvalue weighted by molar-refractivity contribution is 7.99. The summed E-state index contributed by atoms with van der Waals surface area (Å²) in [7, 11) is -3.70. The summed E-state index contributed by atoms with van der Waals surface area (Å²) in [5.41, 5.74) is 1.85. The molecule has 0 saturated heterocycles. The minimum absolute atomic E-state index is 0.0510. The van der Waals surface area contributed by atoms with Crippen molar-refractivity contribution in [1.29, 1.82) is 0 Å². The molecule has 182 valence electrons. The molecule has 0 saturated carbocycles. The van der Waals surface area contributed by atoms with E-state index in [-0.39, 0.29) is 40.1 Å². The summed E-state index contributed by atoms with van der Waals surface area (Å²) in [6.45, 7) is -0.0539. The number of nitrogens with one attached hydrogen (secondary N) is 2. The molecule has 36 heavy (non-hydrogen) atoms. The minimum Gasteiger partial charge on any atom is -0.482 e. The second kappa shape index (κ2) is 9.84. The first-order chi connectivity index (χ1) is 17.4. The van der Waals surface area contributed by atoms with Gasteiger partial charge in [-0.15, -0.1) is 10.2 Å². The molecular weight excluding hydrogens is 504 g/mol. The van der Waals surface area contributed by atoms with E-state index in [2.05, 4.69) is 20.2 Å². The number of amides is 1. The minimum atomic E-state index is -3.70. The molecule has 12 heteroatoms. The van der Waals surface area contributed by atoms with Crippen molar-refractivity contribution >= 4 is 44.9 Å². The third-order valence-electron chi connectivity index (χ3n) is 5.11. The Balaban J connectivity index is 1.21. The highest BCUT2D eigenvalue weighted by atomic mass is 32.2. The number of hydrogen-bond donors (Lipinski definition) is 2. The average Bonchev–Trinajstić information content (AvgIpc) is 3.36.